The predicted octanol–water partition coefficient (Wildman–Crippen LogP) is -1.90. The summed E-state index contributed by atoms with van der Waals surface area (Å²) in [5, 5.41) is 12.4. The molecule has 0 spiro atoms. The minimum absolute atomic E-state index is 0.321. The molecule has 0 aromatic carbocycles. The Labute approximate surface area is 89.0 Å². The summed E-state index contributed by atoms with van der Waals surface area (Å²) >= 11 is 0. The summed E-state index contributed by atoms with van der Waals surface area (Å²) in [5.74, 6) is -1.45. The molecule has 0 radical (unpaired) electrons. The average molecular weight is 243 g/mol. The standard InChI is InChI=1S/C7H12F3N3O3/c8-7(9,10)4(14)2-12-6(16)3-13-5(15)1-11/h4,14H,1-3,11H2,(H,12,16)(H,13,15). The van der Waals surface area contributed by atoms with Gasteiger partial charge in [-0.25, -0.2) is 0 Å². The number of nitrogens with two attached hydrogens (primary N) is 1. The molecule has 16 heavy (non-hydrogen) atoms. The SMILES string of the molecule is NCC(=O)NCC(=O)NCC(O)C(F)(F)F. The van der Waals surface area contributed by atoms with E-state index in [4.69, 9.17) is 10.8 Å². The lowest BCUT2D eigenvalue weighted by atomic mass is 10.3. The Morgan fingerprint density at radius 3 is 2.25 bits per heavy atom. The Balaban J connectivity index is 3.78. The van der Waals surface area contributed by atoms with Gasteiger partial charge < -0.3 is 21.5 Å². The smallest absolute Gasteiger partial charge is 0.382 e. The molecule has 2 amide bonds. The number of amides is 2. The first-order chi connectivity index (χ1) is 7.27. The molecule has 0 saturated heterocycles. The number of carbonyl (C=O) groups excluding carboxylic acids is 2. The molecule has 9 heteroatoms. The summed E-state index contributed by atoms with van der Waals surface area (Å²) in [6.45, 7) is -1.76. The number of hydrogen-bond donors (Lipinski definition) is 4. The number of aliphatic hydroxyl groups is 1. The van der Waals surface area contributed by atoms with Gasteiger partial charge in [-0.3, -0.25) is 9.59 Å². The second-order valence-electron chi connectivity index (χ2n) is 2.84. The molecule has 1 unspecified atom stereocenters. The third-order valence-electron chi connectivity index (χ3n) is 1.50. The summed E-state index contributed by atoms with van der Waals surface area (Å²) in [6, 6.07) is 0. The van der Waals surface area contributed by atoms with E-state index < -0.39 is 37.2 Å². The molecule has 0 rings (SSSR count). The van der Waals surface area contributed by atoms with Crippen LogP contribution in [0, 0.1) is 0 Å². The second kappa shape index (κ2) is 6.28. The van der Waals surface area contributed by atoms with Gasteiger partial charge in [0.2, 0.25) is 11.8 Å². The first kappa shape index (κ1) is 14.6. The molecule has 0 heterocycles. The van der Waals surface area contributed by atoms with Crippen molar-refractivity contribution in [1.82, 2.24) is 10.6 Å². The predicted molar refractivity (Wildman–Crippen MR) is 47.1 cm³/mol. The highest BCUT2D eigenvalue weighted by Crippen LogP contribution is 2.18. The van der Waals surface area contributed by atoms with Crippen LogP contribution in [0.25, 0.3) is 0 Å². The van der Waals surface area contributed by atoms with Gasteiger partial charge in [-0.05, 0) is 0 Å². The Morgan fingerprint density at radius 1 is 1.25 bits per heavy atom. The summed E-state index contributed by atoms with van der Waals surface area (Å²) in [4.78, 5) is 21.4. The summed E-state index contributed by atoms with van der Waals surface area (Å²) in [6.07, 6.45) is -7.41. The van der Waals surface area contributed by atoms with Crippen LogP contribution in [-0.2, 0) is 9.59 Å². The van der Waals surface area contributed by atoms with Crippen molar-refractivity contribution < 1.29 is 27.9 Å². The highest BCUT2D eigenvalue weighted by atomic mass is 19.4. The van der Waals surface area contributed by atoms with Crippen molar-refractivity contribution in [3.05, 3.63) is 0 Å². The van der Waals surface area contributed by atoms with Gasteiger partial charge in [0.1, 0.15) is 0 Å². The number of alkyl halides is 3. The molecule has 0 saturated carbocycles. The van der Waals surface area contributed by atoms with E-state index in [1.807, 2.05) is 0 Å². The molecular weight excluding hydrogens is 231 g/mol. The monoisotopic (exact) mass is 243 g/mol. The lowest BCUT2D eigenvalue weighted by Gasteiger charge is -2.14. The first-order valence-corrected chi connectivity index (χ1v) is 4.25. The number of rotatable bonds is 5. The number of aliphatic hydroxyl groups excluding tert-OH is 1. The number of carbonyl (C=O) groups is 2. The molecule has 1 atom stereocenters. The van der Waals surface area contributed by atoms with Gasteiger partial charge in [0, 0.05) is 0 Å². The third kappa shape index (κ3) is 6.19. The van der Waals surface area contributed by atoms with Crippen LogP contribution in [-0.4, -0.2) is 48.8 Å². The van der Waals surface area contributed by atoms with E-state index >= 15 is 0 Å². The van der Waals surface area contributed by atoms with Crippen molar-refractivity contribution in [3.8, 4) is 0 Å². The lowest BCUT2D eigenvalue weighted by molar-refractivity contribution is -0.201. The van der Waals surface area contributed by atoms with Gasteiger partial charge in [0.15, 0.2) is 6.10 Å². The Kier molecular flexibility index (Phi) is 5.75. The maximum absolute atomic E-state index is 11.8. The molecule has 0 fully saturated rings. The van der Waals surface area contributed by atoms with Crippen LogP contribution in [0.5, 0.6) is 0 Å². The maximum atomic E-state index is 11.8. The third-order valence-corrected chi connectivity index (χ3v) is 1.50. The van der Waals surface area contributed by atoms with Gasteiger partial charge in [-0.15, -0.1) is 0 Å². The molecular formula is C7H12F3N3O3. The van der Waals surface area contributed by atoms with Crippen LogP contribution in [0.2, 0.25) is 0 Å². The maximum Gasteiger partial charge on any atom is 0.416 e. The fraction of sp³-hybridized carbons (Fsp3) is 0.714. The Bertz CT molecular complexity index is 257. The van der Waals surface area contributed by atoms with Gasteiger partial charge in [0.25, 0.3) is 0 Å². The first-order valence-electron chi connectivity index (χ1n) is 4.25. The Morgan fingerprint density at radius 2 is 1.81 bits per heavy atom. The molecule has 0 bridgehead atoms. The van der Waals surface area contributed by atoms with Crippen molar-refractivity contribution in [2.24, 2.45) is 5.73 Å². The average Bonchev–Trinajstić information content (AvgIpc) is 2.20. The fourth-order valence-electron chi connectivity index (χ4n) is 0.640. The quantitative estimate of drug-likeness (QED) is 0.452. The van der Waals surface area contributed by atoms with Crippen molar-refractivity contribution in [2.75, 3.05) is 19.6 Å². The normalized spacial score (nSPS) is 13.1. The number of halogens is 3. The zero-order valence-corrected chi connectivity index (χ0v) is 8.17. The minimum atomic E-state index is -4.78. The molecule has 0 aliphatic carbocycles. The molecule has 5 N–H and O–H groups in total. The molecule has 94 valence electrons. The van der Waals surface area contributed by atoms with Crippen molar-refractivity contribution in [1.29, 1.82) is 0 Å². The van der Waals surface area contributed by atoms with E-state index in [0.29, 0.717) is 0 Å². The summed E-state index contributed by atoms with van der Waals surface area (Å²) < 4.78 is 35.3. The van der Waals surface area contributed by atoms with Gasteiger partial charge in [-0.1, -0.05) is 0 Å². The zero-order chi connectivity index (χ0) is 12.8. The van der Waals surface area contributed by atoms with E-state index in [-0.39, 0.29) is 6.54 Å². The molecule has 6 nitrogen and oxygen atoms in total. The van der Waals surface area contributed by atoms with Crippen molar-refractivity contribution in [2.45, 2.75) is 12.3 Å². The minimum Gasteiger partial charge on any atom is -0.382 e. The van der Waals surface area contributed by atoms with Crippen LogP contribution in [0.4, 0.5) is 13.2 Å². The highest BCUT2D eigenvalue weighted by Gasteiger charge is 2.38. The van der Waals surface area contributed by atoms with Gasteiger partial charge in [-0.2, -0.15) is 13.2 Å². The summed E-state index contributed by atoms with van der Waals surface area (Å²) in [7, 11) is 0. The zero-order valence-electron chi connectivity index (χ0n) is 8.17. The van der Waals surface area contributed by atoms with Crippen molar-refractivity contribution in [3.63, 3.8) is 0 Å². The molecule has 0 aromatic heterocycles. The summed E-state index contributed by atoms with van der Waals surface area (Å²) in [5.41, 5.74) is 4.91. The molecule has 0 aliphatic rings. The van der Waals surface area contributed by atoms with Crippen LogP contribution in [0.3, 0.4) is 0 Å². The molecule has 0 aliphatic heterocycles. The second-order valence-corrected chi connectivity index (χ2v) is 2.84. The van der Waals surface area contributed by atoms with E-state index in [2.05, 4.69) is 5.32 Å². The van der Waals surface area contributed by atoms with Crippen LogP contribution in [0.15, 0.2) is 0 Å². The Hall–Kier alpha value is -1.35. The topological polar surface area (TPSA) is 104 Å². The highest BCUT2D eigenvalue weighted by molar-refractivity contribution is 5.85. The number of hydrogen-bond acceptors (Lipinski definition) is 4. The van der Waals surface area contributed by atoms with E-state index in [1.54, 1.807) is 5.32 Å². The lowest BCUT2D eigenvalue weighted by Crippen LogP contribution is -2.45. The van der Waals surface area contributed by atoms with Gasteiger partial charge >= 0.3 is 6.18 Å². The largest absolute Gasteiger partial charge is 0.416 e. The van der Waals surface area contributed by atoms with Gasteiger partial charge in [0.05, 0.1) is 19.6 Å². The molecule has 0 aromatic rings. The number of nitrogens with one attached hydrogen (secondary N) is 2. The van der Waals surface area contributed by atoms with Crippen LogP contribution >= 0.6 is 0 Å². The van der Waals surface area contributed by atoms with Crippen LogP contribution < -0.4 is 16.4 Å². The van der Waals surface area contributed by atoms with E-state index in [9.17, 15) is 22.8 Å². The fourth-order valence-corrected chi connectivity index (χ4v) is 0.640. The van der Waals surface area contributed by atoms with Crippen molar-refractivity contribution >= 4 is 11.8 Å². The van der Waals surface area contributed by atoms with E-state index in [0.717, 1.165) is 0 Å². The van der Waals surface area contributed by atoms with Crippen LogP contribution in [0.1, 0.15) is 0 Å². The van der Waals surface area contributed by atoms with E-state index in [1.165, 1.54) is 0 Å².